The van der Waals surface area contributed by atoms with E-state index < -0.39 is 0 Å². The number of anilines is 1. The minimum Gasteiger partial charge on any atom is -0.398 e. The van der Waals surface area contributed by atoms with E-state index in [0.717, 1.165) is 15.7 Å². The Kier molecular flexibility index (Phi) is 3.09. The van der Waals surface area contributed by atoms with Gasteiger partial charge >= 0.3 is 0 Å². The Morgan fingerprint density at radius 3 is 2.63 bits per heavy atom. The van der Waals surface area contributed by atoms with E-state index in [4.69, 9.17) is 5.73 Å². The summed E-state index contributed by atoms with van der Waals surface area (Å²) in [6.07, 6.45) is 3.46. The van der Waals surface area contributed by atoms with Gasteiger partial charge in [0.05, 0.1) is 0 Å². The van der Waals surface area contributed by atoms with Crippen LogP contribution in [-0.4, -0.2) is 4.98 Å². The maximum Gasteiger partial charge on any atom is 0.137 e. The lowest BCUT2D eigenvalue weighted by molar-refractivity contribution is 0.602. The highest BCUT2D eigenvalue weighted by molar-refractivity contribution is 7.99. The number of hydrogen-bond acceptors (Lipinski definition) is 3. The normalized spacial score (nSPS) is 10.8. The van der Waals surface area contributed by atoms with Gasteiger partial charge in [-0.1, -0.05) is 23.9 Å². The first-order valence-electron chi connectivity index (χ1n) is 5.80. The third-order valence-corrected chi connectivity index (χ3v) is 4.00. The molecule has 0 unspecified atom stereocenters. The van der Waals surface area contributed by atoms with Crippen LogP contribution >= 0.6 is 11.8 Å². The number of rotatable bonds is 2. The molecule has 0 radical (unpaired) electrons. The lowest BCUT2D eigenvalue weighted by Gasteiger charge is -2.08. The zero-order valence-electron chi connectivity index (χ0n) is 10.0. The van der Waals surface area contributed by atoms with Crippen molar-refractivity contribution in [2.45, 2.75) is 9.79 Å². The maximum atomic E-state index is 13.7. The fourth-order valence-corrected chi connectivity index (χ4v) is 2.88. The van der Waals surface area contributed by atoms with E-state index >= 15 is 0 Å². The minimum absolute atomic E-state index is 0.221. The molecular formula is C15H11FN2S. The predicted octanol–water partition coefficient (Wildman–Crippen LogP) is 4.11. The number of hydrogen-bond donors (Lipinski definition) is 1. The summed E-state index contributed by atoms with van der Waals surface area (Å²) < 4.78 is 13.7. The molecule has 2 aromatic carbocycles. The van der Waals surface area contributed by atoms with Gasteiger partial charge in [0.1, 0.15) is 5.82 Å². The van der Waals surface area contributed by atoms with Crippen molar-refractivity contribution in [1.82, 2.24) is 4.98 Å². The van der Waals surface area contributed by atoms with Gasteiger partial charge in [-0.25, -0.2) is 4.39 Å². The molecule has 2 nitrogen and oxygen atoms in total. The van der Waals surface area contributed by atoms with Gasteiger partial charge < -0.3 is 5.73 Å². The number of nitrogens with zero attached hydrogens (tertiary/aromatic N) is 1. The van der Waals surface area contributed by atoms with Gasteiger partial charge in [0, 0.05) is 38.6 Å². The summed E-state index contributed by atoms with van der Waals surface area (Å²) in [6.45, 7) is 0. The van der Waals surface area contributed by atoms with Crippen molar-refractivity contribution in [2.24, 2.45) is 0 Å². The minimum atomic E-state index is -0.221. The molecule has 0 aliphatic heterocycles. The van der Waals surface area contributed by atoms with Gasteiger partial charge in [-0.15, -0.1) is 0 Å². The molecule has 3 aromatic rings. The summed E-state index contributed by atoms with van der Waals surface area (Å²) in [4.78, 5) is 5.66. The van der Waals surface area contributed by atoms with Crippen LogP contribution < -0.4 is 5.73 Å². The monoisotopic (exact) mass is 270 g/mol. The van der Waals surface area contributed by atoms with E-state index in [2.05, 4.69) is 4.98 Å². The number of aromatic nitrogens is 1. The van der Waals surface area contributed by atoms with Gasteiger partial charge in [-0.3, -0.25) is 4.98 Å². The van der Waals surface area contributed by atoms with E-state index in [0.29, 0.717) is 10.6 Å². The molecule has 4 heteroatoms. The van der Waals surface area contributed by atoms with Gasteiger partial charge in [-0.2, -0.15) is 0 Å². The second-order valence-corrected chi connectivity index (χ2v) is 5.19. The second kappa shape index (κ2) is 4.90. The van der Waals surface area contributed by atoms with Gasteiger partial charge in [0.2, 0.25) is 0 Å². The van der Waals surface area contributed by atoms with Crippen molar-refractivity contribution in [3.63, 3.8) is 0 Å². The first-order chi connectivity index (χ1) is 9.25. The Labute approximate surface area is 114 Å². The molecule has 1 heterocycles. The quantitative estimate of drug-likeness (QED) is 0.712. The number of halogens is 1. The first kappa shape index (κ1) is 12.0. The maximum absolute atomic E-state index is 13.7. The van der Waals surface area contributed by atoms with Crippen LogP contribution in [0, 0.1) is 5.82 Å². The molecule has 0 aliphatic carbocycles. The lowest BCUT2D eigenvalue weighted by atomic mass is 10.1. The van der Waals surface area contributed by atoms with E-state index in [1.807, 2.05) is 24.3 Å². The second-order valence-electron chi connectivity index (χ2n) is 4.11. The van der Waals surface area contributed by atoms with Crippen molar-refractivity contribution in [3.8, 4) is 0 Å². The van der Waals surface area contributed by atoms with Crippen molar-refractivity contribution in [1.29, 1.82) is 0 Å². The van der Waals surface area contributed by atoms with E-state index in [1.54, 1.807) is 24.5 Å². The van der Waals surface area contributed by atoms with Crippen LogP contribution in [0.3, 0.4) is 0 Å². The molecule has 0 amide bonds. The largest absolute Gasteiger partial charge is 0.398 e. The zero-order chi connectivity index (χ0) is 13.2. The van der Waals surface area contributed by atoms with Crippen LogP contribution in [-0.2, 0) is 0 Å². The Morgan fingerprint density at radius 2 is 1.79 bits per heavy atom. The molecule has 0 aliphatic rings. The average Bonchev–Trinajstić information content (AvgIpc) is 2.44. The van der Waals surface area contributed by atoms with Gasteiger partial charge in [0.15, 0.2) is 0 Å². The van der Waals surface area contributed by atoms with Crippen LogP contribution in [0.25, 0.3) is 10.8 Å². The summed E-state index contributed by atoms with van der Waals surface area (Å²) in [5, 5.41) is 1.88. The zero-order valence-corrected chi connectivity index (χ0v) is 10.8. The standard InChI is InChI=1S/C15H11FN2S/c16-12-3-1-2-4-15(12)19-14-6-5-13(17)10-7-8-18-9-11(10)14/h1-9H,17H2. The number of nitrogen functional groups attached to an aromatic ring is 1. The summed E-state index contributed by atoms with van der Waals surface area (Å²) in [6, 6.07) is 12.3. The summed E-state index contributed by atoms with van der Waals surface area (Å²) in [7, 11) is 0. The lowest BCUT2D eigenvalue weighted by Crippen LogP contribution is -1.89. The topological polar surface area (TPSA) is 38.9 Å². The highest BCUT2D eigenvalue weighted by atomic mass is 32.2. The fraction of sp³-hybridized carbons (Fsp3) is 0. The average molecular weight is 270 g/mol. The molecule has 1 aromatic heterocycles. The Morgan fingerprint density at radius 1 is 0.947 bits per heavy atom. The van der Waals surface area contributed by atoms with E-state index in [-0.39, 0.29) is 5.82 Å². The van der Waals surface area contributed by atoms with Crippen molar-refractivity contribution < 1.29 is 4.39 Å². The van der Waals surface area contributed by atoms with Crippen LogP contribution in [0.15, 0.2) is 64.6 Å². The van der Waals surface area contributed by atoms with Crippen molar-refractivity contribution >= 4 is 28.2 Å². The van der Waals surface area contributed by atoms with Crippen LogP contribution in [0.2, 0.25) is 0 Å². The third kappa shape index (κ3) is 2.27. The molecule has 0 bridgehead atoms. The van der Waals surface area contributed by atoms with Gasteiger partial charge in [0.25, 0.3) is 0 Å². The molecule has 0 saturated carbocycles. The molecule has 0 saturated heterocycles. The molecule has 94 valence electrons. The first-order valence-corrected chi connectivity index (χ1v) is 6.62. The van der Waals surface area contributed by atoms with Crippen LogP contribution in [0.1, 0.15) is 0 Å². The number of fused-ring (bicyclic) bond motifs is 1. The Hall–Kier alpha value is -2.07. The van der Waals surface area contributed by atoms with Crippen molar-refractivity contribution in [3.05, 3.63) is 60.7 Å². The highest BCUT2D eigenvalue weighted by Crippen LogP contribution is 2.36. The van der Waals surface area contributed by atoms with Gasteiger partial charge in [-0.05, 0) is 30.3 Å². The van der Waals surface area contributed by atoms with E-state index in [1.165, 1.54) is 17.8 Å². The van der Waals surface area contributed by atoms with Crippen molar-refractivity contribution in [2.75, 3.05) is 5.73 Å². The molecule has 0 fully saturated rings. The summed E-state index contributed by atoms with van der Waals surface area (Å²) >= 11 is 1.38. The molecule has 2 N–H and O–H groups in total. The number of pyridine rings is 1. The van der Waals surface area contributed by atoms with Crippen LogP contribution in [0.5, 0.6) is 0 Å². The third-order valence-electron chi connectivity index (χ3n) is 2.87. The molecule has 3 rings (SSSR count). The molecule has 0 atom stereocenters. The Balaban J connectivity index is 2.12. The highest BCUT2D eigenvalue weighted by Gasteiger charge is 2.08. The SMILES string of the molecule is Nc1ccc(Sc2ccccc2F)c2cnccc12. The smallest absolute Gasteiger partial charge is 0.137 e. The summed E-state index contributed by atoms with van der Waals surface area (Å²) in [5.41, 5.74) is 6.64. The van der Waals surface area contributed by atoms with E-state index in [9.17, 15) is 4.39 Å². The number of benzene rings is 2. The molecule has 0 spiro atoms. The van der Waals surface area contributed by atoms with Crippen LogP contribution in [0.4, 0.5) is 10.1 Å². The Bertz CT molecular complexity index is 743. The predicted molar refractivity (Wildman–Crippen MR) is 76.7 cm³/mol. The number of nitrogens with two attached hydrogens (primary N) is 1. The summed E-state index contributed by atoms with van der Waals surface area (Å²) in [5.74, 6) is -0.221. The fourth-order valence-electron chi connectivity index (χ4n) is 1.92. The molecular weight excluding hydrogens is 259 g/mol. The molecule has 19 heavy (non-hydrogen) atoms.